The summed E-state index contributed by atoms with van der Waals surface area (Å²) < 4.78 is 7.22. The summed E-state index contributed by atoms with van der Waals surface area (Å²) in [6.45, 7) is 0. The fourth-order valence-electron chi connectivity index (χ4n) is 10.8. The maximum atomic E-state index is 7.22. The average molecular weight is 850 g/mol. The topological polar surface area (TPSA) is 12.5 Å². The van der Waals surface area contributed by atoms with Gasteiger partial charge in [-0.2, -0.15) is 0 Å². The van der Waals surface area contributed by atoms with Crippen molar-refractivity contribution in [2.24, 2.45) is 0 Å². The van der Waals surface area contributed by atoms with E-state index in [9.17, 15) is 0 Å². The van der Waals surface area contributed by atoms with Gasteiger partial charge >= 0.3 is 0 Å². The number of rotatable bonds is 7. The third kappa shape index (κ3) is 5.84. The Bertz CT molecular complexity index is 3160. The zero-order valence-corrected chi connectivity index (χ0v) is 37.2. The quantitative estimate of drug-likeness (QED) is 0.148. The Morgan fingerprint density at radius 1 is 0.250 bits per heavy atom. The number of anilines is 3. The third-order valence-electron chi connectivity index (χ3n) is 13.4. The second-order valence-electron chi connectivity index (χ2n) is 16.8. The molecule has 0 amide bonds. The highest BCUT2D eigenvalue weighted by Gasteiger charge is 2.59. The second-order valence-corrected chi connectivity index (χ2v) is 24.2. The van der Waals surface area contributed by atoms with Crippen LogP contribution < -0.4 is 51.1 Å². The molecule has 0 aromatic heterocycles. The number of hydrogen-bond acceptors (Lipinski definition) is 2. The van der Waals surface area contributed by atoms with Gasteiger partial charge < -0.3 is 9.64 Å². The van der Waals surface area contributed by atoms with Gasteiger partial charge in [-0.1, -0.05) is 212 Å². The molecule has 2 heterocycles. The molecule has 2 nitrogen and oxygen atoms in total. The van der Waals surface area contributed by atoms with Crippen LogP contribution in [0.1, 0.15) is 0 Å². The monoisotopic (exact) mass is 849 g/mol. The Balaban J connectivity index is 1.13. The predicted octanol–water partition coefficient (Wildman–Crippen LogP) is 9.66. The van der Waals surface area contributed by atoms with Gasteiger partial charge in [0, 0.05) is 23.1 Å². The zero-order valence-electron chi connectivity index (χ0n) is 35.2. The number of ether oxygens (including phenoxy) is 1. The minimum absolute atomic E-state index is 0.907. The smallest absolute Gasteiger partial charge is 0.188 e. The van der Waals surface area contributed by atoms with Gasteiger partial charge in [0.05, 0.1) is 0 Å². The van der Waals surface area contributed by atoms with E-state index in [1.54, 1.807) is 0 Å². The molecule has 0 bridgehead atoms. The van der Waals surface area contributed by atoms with Crippen molar-refractivity contribution in [3.8, 4) is 33.8 Å². The molecule has 0 unspecified atom stereocenters. The number of fused-ring (bicyclic) bond motifs is 8. The lowest BCUT2D eigenvalue weighted by molar-refractivity contribution is 0.487. The maximum Gasteiger partial charge on any atom is 0.188 e. The highest BCUT2D eigenvalue weighted by Crippen LogP contribution is 2.42. The van der Waals surface area contributed by atoms with Gasteiger partial charge in [0.2, 0.25) is 0 Å². The lowest BCUT2D eigenvalue weighted by Gasteiger charge is -2.50. The Labute approximate surface area is 377 Å². The first kappa shape index (κ1) is 38.0. The zero-order chi connectivity index (χ0) is 42.5. The average Bonchev–Trinajstić information content (AvgIpc) is 3.38. The molecule has 0 aliphatic carbocycles. The van der Waals surface area contributed by atoms with Gasteiger partial charge in [0.1, 0.15) is 11.5 Å². The Morgan fingerprint density at radius 3 is 1.17 bits per heavy atom. The summed E-state index contributed by atoms with van der Waals surface area (Å²) in [5.41, 5.74) is 7.85. The minimum Gasteiger partial charge on any atom is -0.457 e. The van der Waals surface area contributed by atoms with E-state index in [2.05, 4.69) is 266 Å². The van der Waals surface area contributed by atoms with E-state index < -0.39 is 16.1 Å². The van der Waals surface area contributed by atoms with Crippen LogP contribution in [-0.4, -0.2) is 16.1 Å². The van der Waals surface area contributed by atoms with Gasteiger partial charge in [0.25, 0.3) is 0 Å². The minimum atomic E-state index is -3.04. The molecule has 2 aliphatic rings. The summed E-state index contributed by atoms with van der Waals surface area (Å²) in [6.07, 6.45) is 0. The van der Waals surface area contributed by atoms with Crippen LogP contribution in [0.2, 0.25) is 0 Å². The van der Waals surface area contributed by atoms with Crippen molar-refractivity contribution in [3.05, 3.63) is 261 Å². The first-order chi connectivity index (χ1) is 31.7. The van der Waals surface area contributed by atoms with E-state index in [0.29, 0.717) is 0 Å². The molecule has 10 aromatic carbocycles. The lowest BCUT2D eigenvalue weighted by Crippen LogP contribution is -2.93. The molecule has 0 saturated heterocycles. The van der Waals surface area contributed by atoms with Crippen molar-refractivity contribution in [3.63, 3.8) is 0 Å². The molecule has 0 saturated carbocycles. The summed E-state index contributed by atoms with van der Waals surface area (Å²) in [4.78, 5) is 2.39. The van der Waals surface area contributed by atoms with Crippen LogP contribution >= 0.6 is 0 Å². The molecule has 64 heavy (non-hydrogen) atoms. The highest BCUT2D eigenvalue weighted by atomic mass is 28.3. The maximum absolute atomic E-state index is 7.22. The van der Waals surface area contributed by atoms with Crippen molar-refractivity contribution in [1.82, 2.24) is 0 Å². The van der Waals surface area contributed by atoms with Crippen molar-refractivity contribution in [2.75, 3.05) is 4.90 Å². The van der Waals surface area contributed by atoms with Crippen LogP contribution in [0.4, 0.5) is 17.1 Å². The largest absolute Gasteiger partial charge is 0.457 e. The first-order valence-electron chi connectivity index (χ1n) is 22.1. The fourth-order valence-corrected chi connectivity index (χ4v) is 23.1. The molecule has 10 aromatic rings. The van der Waals surface area contributed by atoms with E-state index in [1.165, 1.54) is 52.6 Å². The van der Waals surface area contributed by atoms with Gasteiger partial charge in [-0.25, -0.2) is 0 Å². The molecule has 0 atom stereocenters. The van der Waals surface area contributed by atoms with Gasteiger partial charge in [0.15, 0.2) is 16.1 Å². The van der Waals surface area contributed by atoms with E-state index in [4.69, 9.17) is 4.74 Å². The molecule has 2 aliphatic heterocycles. The molecule has 0 radical (unpaired) electrons. The molecular weight excluding hydrogens is 807 g/mol. The van der Waals surface area contributed by atoms with Crippen LogP contribution in [-0.2, 0) is 0 Å². The van der Waals surface area contributed by atoms with Crippen molar-refractivity contribution >= 4 is 74.7 Å². The van der Waals surface area contributed by atoms with Crippen LogP contribution in [0, 0.1) is 0 Å². The summed E-state index contributed by atoms with van der Waals surface area (Å²) in [5, 5.41) is 11.2. The van der Waals surface area contributed by atoms with Crippen LogP contribution in [0.3, 0.4) is 0 Å². The fraction of sp³-hybridized carbons (Fsp3) is 0. The van der Waals surface area contributed by atoms with E-state index in [0.717, 1.165) is 39.7 Å². The highest BCUT2D eigenvalue weighted by molar-refractivity contribution is 7.33. The van der Waals surface area contributed by atoms with Gasteiger partial charge in [-0.05, 0) is 106 Å². The molecule has 302 valence electrons. The number of para-hydroxylation sites is 2. The van der Waals surface area contributed by atoms with Crippen molar-refractivity contribution in [1.29, 1.82) is 0 Å². The van der Waals surface area contributed by atoms with Crippen LogP contribution in [0.5, 0.6) is 11.5 Å². The first-order valence-corrected chi connectivity index (χ1v) is 26.1. The Morgan fingerprint density at radius 2 is 0.656 bits per heavy atom. The number of hydrogen-bond donors (Lipinski definition) is 0. The third-order valence-corrected chi connectivity index (χ3v) is 23.7. The summed E-state index contributed by atoms with van der Waals surface area (Å²) in [5.74, 6) is 1.84. The van der Waals surface area contributed by atoms with E-state index >= 15 is 0 Å². The molecule has 12 rings (SSSR count). The number of nitrogens with zero attached hydrogens (tertiary/aromatic N) is 1. The standard InChI is InChI=1S/C60H43NOSi2/c1-6-22-44(23-7-1)46-40-47(45-24-8-2-9-25-45)42-50(41-46)61(48-26-10-3-11-27-48)49-38-39-56-54(43-49)62-53-32-16-17-33-55(53)64(56)59-36-20-18-34-57(59)63(51-28-12-4-13-29-51,52-30-14-5-15-31-52)58-35-19-21-37-60(58)64/h1-43H. The lowest BCUT2D eigenvalue weighted by atomic mass is 9.97. The van der Waals surface area contributed by atoms with Gasteiger partial charge in [-0.15, -0.1) is 0 Å². The van der Waals surface area contributed by atoms with Crippen LogP contribution in [0.25, 0.3) is 22.3 Å². The van der Waals surface area contributed by atoms with Gasteiger partial charge in [-0.3, -0.25) is 0 Å². The Kier molecular flexibility index (Phi) is 9.22. The van der Waals surface area contributed by atoms with Crippen molar-refractivity contribution < 1.29 is 4.74 Å². The number of benzene rings is 10. The van der Waals surface area contributed by atoms with E-state index in [1.807, 2.05) is 0 Å². The molecule has 4 heteroatoms. The van der Waals surface area contributed by atoms with E-state index in [-0.39, 0.29) is 0 Å². The Hall–Kier alpha value is -7.77. The molecule has 1 spiro atoms. The van der Waals surface area contributed by atoms with Crippen molar-refractivity contribution in [2.45, 2.75) is 0 Å². The summed E-state index contributed by atoms with van der Waals surface area (Å²) in [6, 6.07) is 96.6. The normalized spacial score (nSPS) is 13.7. The molecule has 0 fully saturated rings. The van der Waals surface area contributed by atoms with Crippen LogP contribution in [0.15, 0.2) is 261 Å². The summed E-state index contributed by atoms with van der Waals surface area (Å²) in [7, 11) is -5.87. The predicted molar refractivity (Wildman–Crippen MR) is 273 cm³/mol. The SMILES string of the molecule is c1ccc(-c2cc(-c3ccccc3)cc(N(c3ccccc3)c3ccc4c(c3)Oc3ccccc3[Si]43c4ccccc4[Si](c4ccccc4)(c4ccccc4)c4ccccc43)c2)cc1. The second kappa shape index (κ2) is 15.5. The molecular formula is C60H43NOSi2. The summed E-state index contributed by atoms with van der Waals surface area (Å²) >= 11 is 0. The molecule has 0 N–H and O–H groups in total.